The predicted molar refractivity (Wildman–Crippen MR) is 78.5 cm³/mol. The van der Waals surface area contributed by atoms with Crippen molar-refractivity contribution in [3.63, 3.8) is 0 Å². The normalized spacial score (nSPS) is 10.9. The highest BCUT2D eigenvalue weighted by atomic mass is 79.9. The van der Waals surface area contributed by atoms with Gasteiger partial charge in [0.1, 0.15) is 0 Å². The number of rotatable bonds is 4. The highest BCUT2D eigenvalue weighted by Gasteiger charge is 2.03. The van der Waals surface area contributed by atoms with Gasteiger partial charge >= 0.3 is 0 Å². The number of carbonyl (C=O) groups excluding carboxylic acids is 1. The van der Waals surface area contributed by atoms with E-state index in [1.165, 1.54) is 6.07 Å². The van der Waals surface area contributed by atoms with E-state index in [-0.39, 0.29) is 12.2 Å². The first-order chi connectivity index (χ1) is 9.56. The lowest BCUT2D eigenvalue weighted by molar-refractivity contribution is 0.0996. The molecule has 2 aromatic carbocycles. The van der Waals surface area contributed by atoms with Gasteiger partial charge in [0.25, 0.3) is 0 Å². The SMILES string of the molecule is O=C(CC=Cc1ccc(F)c(F)c1)c1ccc(Br)cc1. The summed E-state index contributed by atoms with van der Waals surface area (Å²) in [6, 6.07) is 10.7. The summed E-state index contributed by atoms with van der Waals surface area (Å²) in [5, 5.41) is 0. The molecule has 0 saturated heterocycles. The van der Waals surface area contributed by atoms with Crippen LogP contribution < -0.4 is 0 Å². The third-order valence-electron chi connectivity index (χ3n) is 2.72. The third-order valence-corrected chi connectivity index (χ3v) is 3.25. The van der Waals surface area contributed by atoms with Crippen LogP contribution in [0.25, 0.3) is 6.08 Å². The van der Waals surface area contributed by atoms with E-state index in [2.05, 4.69) is 15.9 Å². The summed E-state index contributed by atoms with van der Waals surface area (Å²) < 4.78 is 26.6. The fraction of sp³-hybridized carbons (Fsp3) is 0.0625. The monoisotopic (exact) mass is 336 g/mol. The van der Waals surface area contributed by atoms with Gasteiger partial charge in [0.15, 0.2) is 17.4 Å². The molecule has 0 spiro atoms. The van der Waals surface area contributed by atoms with Crippen molar-refractivity contribution >= 4 is 27.8 Å². The van der Waals surface area contributed by atoms with Crippen molar-refractivity contribution in [2.24, 2.45) is 0 Å². The largest absolute Gasteiger partial charge is 0.294 e. The minimum Gasteiger partial charge on any atom is -0.294 e. The van der Waals surface area contributed by atoms with E-state index in [4.69, 9.17) is 0 Å². The van der Waals surface area contributed by atoms with Crippen molar-refractivity contribution in [2.45, 2.75) is 6.42 Å². The van der Waals surface area contributed by atoms with Crippen LogP contribution in [0.3, 0.4) is 0 Å². The fourth-order valence-electron chi connectivity index (χ4n) is 1.67. The highest BCUT2D eigenvalue weighted by molar-refractivity contribution is 9.10. The van der Waals surface area contributed by atoms with Crippen LogP contribution in [0.4, 0.5) is 8.78 Å². The molecule has 0 aromatic heterocycles. The highest BCUT2D eigenvalue weighted by Crippen LogP contribution is 2.13. The Morgan fingerprint density at radius 1 is 1.05 bits per heavy atom. The lowest BCUT2D eigenvalue weighted by Crippen LogP contribution is -1.96. The van der Waals surface area contributed by atoms with Gasteiger partial charge in [0.05, 0.1) is 0 Å². The van der Waals surface area contributed by atoms with E-state index in [1.807, 2.05) is 0 Å². The molecule has 1 nitrogen and oxygen atoms in total. The number of ketones is 1. The van der Waals surface area contributed by atoms with Gasteiger partial charge in [-0.2, -0.15) is 0 Å². The van der Waals surface area contributed by atoms with E-state index < -0.39 is 11.6 Å². The second-order valence-corrected chi connectivity index (χ2v) is 5.13. The van der Waals surface area contributed by atoms with Crippen LogP contribution in [0.15, 0.2) is 53.0 Å². The van der Waals surface area contributed by atoms with Crippen molar-refractivity contribution in [3.8, 4) is 0 Å². The van der Waals surface area contributed by atoms with Crippen LogP contribution in [0, 0.1) is 11.6 Å². The molecule has 2 aromatic rings. The minimum atomic E-state index is -0.897. The van der Waals surface area contributed by atoms with Gasteiger partial charge in [-0.3, -0.25) is 4.79 Å². The molecule has 0 heterocycles. The number of allylic oxidation sites excluding steroid dienone is 1. The zero-order valence-corrected chi connectivity index (χ0v) is 12.0. The Balaban J connectivity index is 2.00. The number of Topliss-reactive ketones (excluding diaryl/α,β-unsaturated/α-hetero) is 1. The Morgan fingerprint density at radius 3 is 2.40 bits per heavy atom. The van der Waals surface area contributed by atoms with Crippen LogP contribution in [0.5, 0.6) is 0 Å². The van der Waals surface area contributed by atoms with Gasteiger partial charge in [0.2, 0.25) is 0 Å². The van der Waals surface area contributed by atoms with Crippen molar-refractivity contribution in [1.29, 1.82) is 0 Å². The Labute approximate surface area is 124 Å². The molecule has 20 heavy (non-hydrogen) atoms. The zero-order chi connectivity index (χ0) is 14.5. The van der Waals surface area contributed by atoms with Crippen LogP contribution in [-0.4, -0.2) is 5.78 Å². The summed E-state index contributed by atoms with van der Waals surface area (Å²) in [5.41, 5.74) is 1.13. The average Bonchev–Trinajstić information content (AvgIpc) is 2.43. The number of hydrogen-bond acceptors (Lipinski definition) is 1. The molecule has 0 N–H and O–H groups in total. The van der Waals surface area contributed by atoms with E-state index in [0.29, 0.717) is 11.1 Å². The van der Waals surface area contributed by atoms with Gasteiger partial charge in [0, 0.05) is 16.5 Å². The van der Waals surface area contributed by atoms with Gasteiger partial charge in [-0.15, -0.1) is 0 Å². The molecule has 0 aliphatic rings. The molecule has 0 saturated carbocycles. The Morgan fingerprint density at radius 2 is 1.75 bits per heavy atom. The summed E-state index contributed by atoms with van der Waals surface area (Å²) in [4.78, 5) is 11.9. The topological polar surface area (TPSA) is 17.1 Å². The molecule has 0 fully saturated rings. The van der Waals surface area contributed by atoms with E-state index in [9.17, 15) is 13.6 Å². The molecule has 0 bridgehead atoms. The number of carbonyl (C=O) groups is 1. The molecule has 2 rings (SSSR count). The standard InChI is InChI=1S/C16H11BrF2O/c17-13-7-5-12(6-8-13)16(20)3-1-2-11-4-9-14(18)15(19)10-11/h1-2,4-10H,3H2. The van der Waals surface area contributed by atoms with E-state index >= 15 is 0 Å². The van der Waals surface area contributed by atoms with E-state index in [1.54, 1.807) is 36.4 Å². The molecule has 0 unspecified atom stereocenters. The van der Waals surface area contributed by atoms with Gasteiger partial charge in [-0.05, 0) is 29.8 Å². The van der Waals surface area contributed by atoms with Crippen molar-refractivity contribution < 1.29 is 13.6 Å². The third kappa shape index (κ3) is 3.84. The summed E-state index contributed by atoms with van der Waals surface area (Å²) in [5.74, 6) is -1.81. The van der Waals surface area contributed by atoms with Crippen LogP contribution in [0.1, 0.15) is 22.3 Å². The molecule has 0 radical (unpaired) electrons. The van der Waals surface area contributed by atoms with Crippen LogP contribution in [-0.2, 0) is 0 Å². The lowest BCUT2D eigenvalue weighted by Gasteiger charge is -1.98. The van der Waals surface area contributed by atoms with Crippen molar-refractivity contribution in [2.75, 3.05) is 0 Å². The first-order valence-corrected chi connectivity index (χ1v) is 6.76. The lowest BCUT2D eigenvalue weighted by atomic mass is 10.1. The first-order valence-electron chi connectivity index (χ1n) is 5.96. The van der Waals surface area contributed by atoms with Crippen LogP contribution in [0.2, 0.25) is 0 Å². The smallest absolute Gasteiger partial charge is 0.166 e. The molecule has 0 aliphatic heterocycles. The maximum atomic E-state index is 13.0. The molecule has 0 atom stereocenters. The zero-order valence-electron chi connectivity index (χ0n) is 10.4. The Bertz CT molecular complexity index is 648. The first kappa shape index (κ1) is 14.6. The summed E-state index contributed by atoms with van der Waals surface area (Å²) in [7, 11) is 0. The van der Waals surface area contributed by atoms with E-state index in [0.717, 1.165) is 16.6 Å². The number of halogens is 3. The number of benzene rings is 2. The molecule has 0 amide bonds. The average molecular weight is 337 g/mol. The molecule has 102 valence electrons. The van der Waals surface area contributed by atoms with Crippen molar-refractivity contribution in [3.05, 3.63) is 75.8 Å². The Hall–Kier alpha value is -1.81. The predicted octanol–water partition coefficient (Wildman–Crippen LogP) is 5.01. The Kier molecular flexibility index (Phi) is 4.79. The quantitative estimate of drug-likeness (QED) is 0.717. The second kappa shape index (κ2) is 6.57. The van der Waals surface area contributed by atoms with Gasteiger partial charge in [-0.1, -0.05) is 46.3 Å². The summed E-state index contributed by atoms with van der Waals surface area (Å²) in [6.45, 7) is 0. The maximum Gasteiger partial charge on any atom is 0.166 e. The van der Waals surface area contributed by atoms with Crippen LogP contribution >= 0.6 is 15.9 Å². The van der Waals surface area contributed by atoms with Gasteiger partial charge in [-0.25, -0.2) is 8.78 Å². The van der Waals surface area contributed by atoms with Gasteiger partial charge < -0.3 is 0 Å². The molecule has 0 aliphatic carbocycles. The molecular weight excluding hydrogens is 326 g/mol. The molecule has 4 heteroatoms. The second-order valence-electron chi connectivity index (χ2n) is 4.21. The summed E-state index contributed by atoms with van der Waals surface area (Å²) >= 11 is 3.30. The maximum absolute atomic E-state index is 13.0. The van der Waals surface area contributed by atoms with Crippen molar-refractivity contribution in [1.82, 2.24) is 0 Å². The number of hydrogen-bond donors (Lipinski definition) is 0. The minimum absolute atomic E-state index is 0.0312. The fourth-order valence-corrected chi connectivity index (χ4v) is 1.94. The summed E-state index contributed by atoms with van der Waals surface area (Å²) in [6.07, 6.45) is 3.44. The molecular formula is C16H11BrF2O.